The summed E-state index contributed by atoms with van der Waals surface area (Å²) in [5.74, 6) is 0. The summed E-state index contributed by atoms with van der Waals surface area (Å²) in [4.78, 5) is 0. The SMILES string of the molecule is CC(C)(C)O[C@H]1C=C[C@@H](O)[C@@H](CO[C@H]2C=C[C@@H](O)[C@@H](COCc3ccccc3)O2)O1. The maximum absolute atomic E-state index is 10.2. The Balaban J connectivity index is 1.45. The van der Waals surface area contributed by atoms with Crippen molar-refractivity contribution in [3.8, 4) is 0 Å². The molecule has 7 nitrogen and oxygen atoms in total. The minimum absolute atomic E-state index is 0.109. The van der Waals surface area contributed by atoms with Gasteiger partial charge in [-0.15, -0.1) is 0 Å². The van der Waals surface area contributed by atoms with E-state index in [4.69, 9.17) is 23.7 Å². The molecule has 2 aliphatic rings. The molecule has 0 bridgehead atoms. The second-order valence-electron chi connectivity index (χ2n) is 8.40. The van der Waals surface area contributed by atoms with Crippen LogP contribution in [0.4, 0.5) is 0 Å². The molecule has 7 heteroatoms. The van der Waals surface area contributed by atoms with E-state index in [9.17, 15) is 10.2 Å². The van der Waals surface area contributed by atoms with Crippen molar-refractivity contribution in [3.63, 3.8) is 0 Å². The minimum atomic E-state index is -0.798. The topological polar surface area (TPSA) is 86.6 Å². The van der Waals surface area contributed by atoms with E-state index < -0.39 is 37.0 Å². The highest BCUT2D eigenvalue weighted by Crippen LogP contribution is 2.21. The second-order valence-corrected chi connectivity index (χ2v) is 8.40. The van der Waals surface area contributed by atoms with E-state index in [0.29, 0.717) is 6.61 Å². The molecule has 2 N–H and O–H groups in total. The van der Waals surface area contributed by atoms with Crippen LogP contribution < -0.4 is 0 Å². The fourth-order valence-corrected chi connectivity index (χ4v) is 3.10. The molecule has 2 aliphatic heterocycles. The third-order valence-corrected chi connectivity index (χ3v) is 4.60. The summed E-state index contributed by atoms with van der Waals surface area (Å²) in [6, 6.07) is 9.80. The molecule has 0 spiro atoms. The van der Waals surface area contributed by atoms with Crippen LogP contribution in [0.1, 0.15) is 26.3 Å². The zero-order valence-electron chi connectivity index (χ0n) is 17.7. The van der Waals surface area contributed by atoms with Gasteiger partial charge in [-0.05, 0) is 38.5 Å². The molecule has 0 radical (unpaired) electrons. The first-order valence-electron chi connectivity index (χ1n) is 10.2. The van der Waals surface area contributed by atoms with E-state index in [1.165, 1.54) is 0 Å². The Morgan fingerprint density at radius 1 is 0.833 bits per heavy atom. The molecule has 1 aromatic rings. The van der Waals surface area contributed by atoms with Gasteiger partial charge in [0.15, 0.2) is 12.6 Å². The third kappa shape index (κ3) is 7.28. The van der Waals surface area contributed by atoms with E-state index in [0.717, 1.165) is 5.56 Å². The fraction of sp³-hybridized carbons (Fsp3) is 0.565. The van der Waals surface area contributed by atoms with Gasteiger partial charge in [0.25, 0.3) is 0 Å². The molecule has 0 saturated heterocycles. The molecule has 6 atom stereocenters. The summed E-state index contributed by atoms with van der Waals surface area (Å²) >= 11 is 0. The molecule has 0 fully saturated rings. The highest BCUT2D eigenvalue weighted by Gasteiger charge is 2.31. The van der Waals surface area contributed by atoms with Crippen molar-refractivity contribution in [2.45, 2.75) is 70.0 Å². The molecule has 166 valence electrons. The van der Waals surface area contributed by atoms with Gasteiger partial charge in [-0.1, -0.05) is 42.5 Å². The molecule has 0 unspecified atom stereocenters. The molecule has 3 rings (SSSR count). The molecule has 0 amide bonds. The van der Waals surface area contributed by atoms with Gasteiger partial charge in [0.2, 0.25) is 0 Å². The summed E-state index contributed by atoms with van der Waals surface area (Å²) in [5, 5.41) is 20.3. The molecular weight excluding hydrogens is 388 g/mol. The predicted molar refractivity (Wildman–Crippen MR) is 111 cm³/mol. The lowest BCUT2D eigenvalue weighted by molar-refractivity contribution is -0.240. The monoisotopic (exact) mass is 420 g/mol. The van der Waals surface area contributed by atoms with Crippen LogP contribution in [0.15, 0.2) is 54.6 Å². The van der Waals surface area contributed by atoms with Gasteiger partial charge in [-0.25, -0.2) is 0 Å². The summed E-state index contributed by atoms with van der Waals surface area (Å²) in [6.07, 6.45) is 2.71. The van der Waals surface area contributed by atoms with Crippen LogP contribution in [0.2, 0.25) is 0 Å². The van der Waals surface area contributed by atoms with Gasteiger partial charge in [0.05, 0.1) is 25.4 Å². The van der Waals surface area contributed by atoms with Crippen LogP contribution in [-0.2, 0) is 30.3 Å². The lowest BCUT2D eigenvalue weighted by Crippen LogP contribution is -2.44. The number of rotatable bonds is 8. The average Bonchev–Trinajstić information content (AvgIpc) is 2.70. The Hall–Kier alpha value is -1.58. The highest BCUT2D eigenvalue weighted by molar-refractivity contribution is 5.13. The number of hydrogen-bond acceptors (Lipinski definition) is 7. The molecule has 0 aliphatic carbocycles. The number of aliphatic hydroxyl groups is 2. The second kappa shape index (κ2) is 10.6. The Bertz CT molecular complexity index is 697. The van der Waals surface area contributed by atoms with Crippen molar-refractivity contribution in [2.75, 3.05) is 13.2 Å². The van der Waals surface area contributed by atoms with Crippen LogP contribution in [-0.4, -0.2) is 66.0 Å². The number of ether oxygens (including phenoxy) is 5. The Kier molecular flexibility index (Phi) is 8.19. The van der Waals surface area contributed by atoms with Crippen molar-refractivity contribution in [3.05, 3.63) is 60.2 Å². The summed E-state index contributed by atoms with van der Waals surface area (Å²) in [7, 11) is 0. The third-order valence-electron chi connectivity index (χ3n) is 4.60. The summed E-state index contributed by atoms with van der Waals surface area (Å²) in [6.45, 7) is 6.59. The summed E-state index contributed by atoms with van der Waals surface area (Å²) < 4.78 is 28.8. The first-order valence-corrected chi connectivity index (χ1v) is 10.2. The molecule has 0 aromatic heterocycles. The van der Waals surface area contributed by atoms with E-state index >= 15 is 0 Å². The Morgan fingerprint density at radius 2 is 1.43 bits per heavy atom. The lowest BCUT2D eigenvalue weighted by Gasteiger charge is -2.34. The summed E-state index contributed by atoms with van der Waals surface area (Å²) in [5.41, 5.74) is 0.677. The van der Waals surface area contributed by atoms with E-state index in [1.807, 2.05) is 51.1 Å². The van der Waals surface area contributed by atoms with Crippen LogP contribution in [0.3, 0.4) is 0 Å². The fourth-order valence-electron chi connectivity index (χ4n) is 3.10. The first kappa shape index (κ1) is 23.1. The smallest absolute Gasteiger partial charge is 0.178 e. The van der Waals surface area contributed by atoms with Crippen LogP contribution in [0, 0.1) is 0 Å². The molecule has 30 heavy (non-hydrogen) atoms. The maximum Gasteiger partial charge on any atom is 0.178 e. The van der Waals surface area contributed by atoms with Crippen molar-refractivity contribution in [2.24, 2.45) is 0 Å². The van der Waals surface area contributed by atoms with Gasteiger partial charge >= 0.3 is 0 Å². The Labute approximate surface area is 177 Å². The zero-order chi connectivity index (χ0) is 21.6. The number of benzene rings is 1. The van der Waals surface area contributed by atoms with Gasteiger partial charge in [0, 0.05) is 0 Å². The molecular formula is C23H32O7. The molecule has 2 heterocycles. The average molecular weight is 421 g/mol. The van der Waals surface area contributed by atoms with Crippen LogP contribution in [0.5, 0.6) is 0 Å². The minimum Gasteiger partial charge on any atom is -0.386 e. The van der Waals surface area contributed by atoms with Gasteiger partial charge < -0.3 is 33.9 Å². The van der Waals surface area contributed by atoms with E-state index in [-0.39, 0.29) is 18.8 Å². The predicted octanol–water partition coefficient (Wildman–Crippen LogP) is 2.32. The van der Waals surface area contributed by atoms with Crippen LogP contribution >= 0.6 is 0 Å². The largest absolute Gasteiger partial charge is 0.386 e. The first-order chi connectivity index (χ1) is 14.3. The van der Waals surface area contributed by atoms with Gasteiger partial charge in [-0.2, -0.15) is 0 Å². The molecule has 1 aromatic carbocycles. The van der Waals surface area contributed by atoms with E-state index in [2.05, 4.69) is 0 Å². The zero-order valence-corrected chi connectivity index (χ0v) is 17.7. The van der Waals surface area contributed by atoms with Crippen molar-refractivity contribution >= 4 is 0 Å². The van der Waals surface area contributed by atoms with E-state index in [1.54, 1.807) is 24.3 Å². The number of aliphatic hydroxyl groups excluding tert-OH is 2. The number of hydrogen-bond donors (Lipinski definition) is 2. The quantitative estimate of drug-likeness (QED) is 0.624. The maximum atomic E-state index is 10.2. The normalized spacial score (nSPS) is 31.8. The van der Waals surface area contributed by atoms with Gasteiger partial charge in [0.1, 0.15) is 24.4 Å². The van der Waals surface area contributed by atoms with Crippen molar-refractivity contribution in [1.29, 1.82) is 0 Å². The highest BCUT2D eigenvalue weighted by atomic mass is 16.7. The van der Waals surface area contributed by atoms with Crippen LogP contribution in [0.25, 0.3) is 0 Å². The standard InChI is InChI=1S/C23H32O7/c1-23(2,3)30-22-12-10-18(25)20(29-22)15-27-21-11-9-17(24)19(28-21)14-26-13-16-7-5-4-6-8-16/h4-12,17-22,24-25H,13-15H2,1-3H3/t17-,18-,19-,20-,21-,22+/m1/s1. The van der Waals surface area contributed by atoms with Crippen molar-refractivity contribution in [1.82, 2.24) is 0 Å². The Morgan fingerprint density at radius 3 is 2.10 bits per heavy atom. The lowest BCUT2D eigenvalue weighted by atomic mass is 10.1. The van der Waals surface area contributed by atoms with Gasteiger partial charge in [-0.3, -0.25) is 0 Å². The molecule has 0 saturated carbocycles. The van der Waals surface area contributed by atoms with Crippen molar-refractivity contribution < 1.29 is 33.9 Å².